The Morgan fingerprint density at radius 2 is 1.65 bits per heavy atom. The molecule has 1 aliphatic heterocycles. The van der Waals surface area contributed by atoms with Gasteiger partial charge in [0.2, 0.25) is 0 Å². The molecule has 0 unspecified atom stereocenters. The third kappa shape index (κ3) is 1.48. The first-order valence-electron chi connectivity index (χ1n) is 7.91. The standard InChI is InChI=1S/C17H15N3O3/c21-14(9-3-7-18-8-4-9)19-20-15(22)12-10-1-2-11(13(12)16(20)23)17(10)5-6-17/h1-4,7-8,10-13H,5-6H2,(H,19,21)/t10-,11-,12-,13+/m1/s1. The van der Waals surface area contributed by atoms with Gasteiger partial charge in [0, 0.05) is 18.0 Å². The SMILES string of the molecule is O=C(NN1C(=O)[C@@H]2[C@H](C1=O)[C@H]1C=C[C@H]2C12CC2)c1ccncc1. The van der Waals surface area contributed by atoms with Gasteiger partial charge in [0.1, 0.15) is 0 Å². The summed E-state index contributed by atoms with van der Waals surface area (Å²) in [6.45, 7) is 0. The highest BCUT2D eigenvalue weighted by molar-refractivity contribution is 6.09. The number of imide groups is 1. The van der Waals surface area contributed by atoms with Crippen LogP contribution in [0.3, 0.4) is 0 Å². The molecule has 2 heterocycles. The van der Waals surface area contributed by atoms with Crippen LogP contribution in [0.1, 0.15) is 23.2 Å². The van der Waals surface area contributed by atoms with Crippen molar-refractivity contribution in [1.82, 2.24) is 15.4 Å². The number of carbonyl (C=O) groups excluding carboxylic acids is 3. The van der Waals surface area contributed by atoms with Crippen LogP contribution in [0.2, 0.25) is 0 Å². The van der Waals surface area contributed by atoms with Crippen molar-refractivity contribution >= 4 is 17.7 Å². The summed E-state index contributed by atoms with van der Waals surface area (Å²) in [5.74, 6) is -1.24. The van der Waals surface area contributed by atoms with Gasteiger partial charge in [-0.05, 0) is 42.2 Å². The Hall–Kier alpha value is -2.50. The lowest BCUT2D eigenvalue weighted by atomic mass is 9.85. The maximum absolute atomic E-state index is 12.7. The molecule has 0 radical (unpaired) electrons. The van der Waals surface area contributed by atoms with Crippen LogP contribution < -0.4 is 5.43 Å². The Bertz CT molecular complexity index is 735. The normalized spacial score (nSPS) is 35.0. The van der Waals surface area contributed by atoms with Crippen molar-refractivity contribution in [2.45, 2.75) is 12.8 Å². The van der Waals surface area contributed by atoms with Crippen molar-refractivity contribution in [3.8, 4) is 0 Å². The van der Waals surface area contributed by atoms with Gasteiger partial charge in [0.05, 0.1) is 11.8 Å². The highest BCUT2D eigenvalue weighted by Crippen LogP contribution is 2.73. The molecule has 5 rings (SSSR count). The highest BCUT2D eigenvalue weighted by Gasteiger charge is 2.73. The number of amides is 3. The van der Waals surface area contributed by atoms with Crippen molar-refractivity contribution in [2.75, 3.05) is 0 Å². The first kappa shape index (κ1) is 13.0. The minimum Gasteiger partial charge on any atom is -0.272 e. The number of carbonyl (C=O) groups is 3. The molecule has 1 spiro atoms. The maximum atomic E-state index is 12.7. The van der Waals surface area contributed by atoms with E-state index in [4.69, 9.17) is 0 Å². The fourth-order valence-corrected chi connectivity index (χ4v) is 4.86. The van der Waals surface area contributed by atoms with Gasteiger partial charge >= 0.3 is 0 Å². The van der Waals surface area contributed by atoms with Crippen molar-refractivity contribution in [3.63, 3.8) is 0 Å². The average molecular weight is 309 g/mol. The monoisotopic (exact) mass is 309 g/mol. The number of rotatable bonds is 2. The van der Waals surface area contributed by atoms with Crippen LogP contribution in [0.15, 0.2) is 36.7 Å². The second kappa shape index (κ2) is 4.07. The molecule has 3 fully saturated rings. The lowest BCUT2D eigenvalue weighted by Gasteiger charge is -2.21. The van der Waals surface area contributed by atoms with Gasteiger partial charge in [0.15, 0.2) is 0 Å². The Morgan fingerprint density at radius 3 is 2.17 bits per heavy atom. The van der Waals surface area contributed by atoms with Crippen LogP contribution in [0.5, 0.6) is 0 Å². The topological polar surface area (TPSA) is 79.4 Å². The summed E-state index contributed by atoms with van der Waals surface area (Å²) < 4.78 is 0. The minimum absolute atomic E-state index is 0.164. The van der Waals surface area contributed by atoms with E-state index in [-0.39, 0.29) is 40.9 Å². The van der Waals surface area contributed by atoms with Crippen LogP contribution in [0.4, 0.5) is 0 Å². The first-order chi connectivity index (χ1) is 11.1. The van der Waals surface area contributed by atoms with E-state index in [1.165, 1.54) is 12.4 Å². The highest BCUT2D eigenvalue weighted by atomic mass is 16.2. The summed E-state index contributed by atoms with van der Waals surface area (Å²) in [6, 6.07) is 3.09. The number of aromatic nitrogens is 1. The van der Waals surface area contributed by atoms with E-state index in [2.05, 4.69) is 22.6 Å². The van der Waals surface area contributed by atoms with Gasteiger partial charge in [-0.25, -0.2) is 0 Å². The number of allylic oxidation sites excluding steroid dienone is 2. The molecule has 0 aromatic carbocycles. The summed E-state index contributed by atoms with van der Waals surface area (Å²) in [5, 5.41) is 0.945. The smallest absolute Gasteiger partial charge is 0.270 e. The van der Waals surface area contributed by atoms with E-state index in [1.807, 2.05) is 0 Å². The molecule has 1 aromatic heterocycles. The number of nitrogens with zero attached hydrogens (tertiary/aromatic N) is 2. The van der Waals surface area contributed by atoms with Crippen molar-refractivity contribution in [2.24, 2.45) is 29.1 Å². The predicted octanol–water partition coefficient (Wildman–Crippen LogP) is 0.924. The van der Waals surface area contributed by atoms with E-state index < -0.39 is 5.91 Å². The number of hydrogen-bond donors (Lipinski definition) is 1. The van der Waals surface area contributed by atoms with Crippen LogP contribution >= 0.6 is 0 Å². The summed E-state index contributed by atoms with van der Waals surface area (Å²) in [5.41, 5.74) is 3.02. The molecule has 1 aromatic rings. The van der Waals surface area contributed by atoms with Crippen LogP contribution in [0, 0.1) is 29.1 Å². The third-order valence-electron chi connectivity index (χ3n) is 6.01. The molecule has 3 amide bonds. The molecular formula is C17H15N3O3. The van der Waals surface area contributed by atoms with Crippen molar-refractivity contribution < 1.29 is 14.4 Å². The number of hydrogen-bond acceptors (Lipinski definition) is 4. The molecule has 2 bridgehead atoms. The van der Waals surface area contributed by atoms with E-state index >= 15 is 0 Å². The van der Waals surface area contributed by atoms with E-state index in [1.54, 1.807) is 12.1 Å². The van der Waals surface area contributed by atoms with Gasteiger partial charge < -0.3 is 0 Å². The quantitative estimate of drug-likeness (QED) is 0.651. The zero-order valence-electron chi connectivity index (χ0n) is 12.3. The number of nitrogens with one attached hydrogen (secondary N) is 1. The molecule has 6 nitrogen and oxygen atoms in total. The number of hydrazine groups is 1. The number of fused-ring (bicyclic) bond motifs is 3. The average Bonchev–Trinajstić information content (AvgIpc) is 3.18. The van der Waals surface area contributed by atoms with Crippen LogP contribution in [-0.2, 0) is 9.59 Å². The second-order valence-corrected chi connectivity index (χ2v) is 6.91. The van der Waals surface area contributed by atoms with Crippen LogP contribution in [-0.4, -0.2) is 27.7 Å². The molecule has 1 N–H and O–H groups in total. The Labute approximate surface area is 132 Å². The minimum atomic E-state index is -0.462. The summed E-state index contributed by atoms with van der Waals surface area (Å²) in [4.78, 5) is 41.5. The fraction of sp³-hybridized carbons (Fsp3) is 0.412. The van der Waals surface area contributed by atoms with Gasteiger partial charge in [-0.1, -0.05) is 12.2 Å². The van der Waals surface area contributed by atoms with Crippen LogP contribution in [0.25, 0.3) is 0 Å². The zero-order chi connectivity index (χ0) is 15.8. The lowest BCUT2D eigenvalue weighted by molar-refractivity contribution is -0.144. The summed E-state index contributed by atoms with van der Waals surface area (Å²) >= 11 is 0. The van der Waals surface area contributed by atoms with Gasteiger partial charge in [0.25, 0.3) is 17.7 Å². The van der Waals surface area contributed by atoms with Gasteiger partial charge in [-0.15, -0.1) is 0 Å². The third-order valence-corrected chi connectivity index (χ3v) is 6.01. The molecular weight excluding hydrogens is 294 g/mol. The summed E-state index contributed by atoms with van der Waals surface area (Å²) in [6.07, 6.45) is 9.42. The Kier molecular flexibility index (Phi) is 2.30. The first-order valence-corrected chi connectivity index (χ1v) is 7.91. The summed E-state index contributed by atoms with van der Waals surface area (Å²) in [7, 11) is 0. The molecule has 23 heavy (non-hydrogen) atoms. The molecule has 2 saturated carbocycles. The van der Waals surface area contributed by atoms with Gasteiger partial charge in [-0.3, -0.25) is 24.8 Å². The number of pyridine rings is 1. The van der Waals surface area contributed by atoms with Crippen molar-refractivity contribution in [1.29, 1.82) is 0 Å². The predicted molar refractivity (Wildman–Crippen MR) is 78.3 cm³/mol. The van der Waals surface area contributed by atoms with E-state index in [9.17, 15) is 14.4 Å². The molecule has 3 aliphatic carbocycles. The van der Waals surface area contributed by atoms with Gasteiger partial charge in [-0.2, -0.15) is 5.01 Å². The lowest BCUT2D eigenvalue weighted by Crippen LogP contribution is -2.47. The molecule has 4 atom stereocenters. The largest absolute Gasteiger partial charge is 0.272 e. The second-order valence-electron chi connectivity index (χ2n) is 6.91. The Morgan fingerprint density at radius 1 is 1.09 bits per heavy atom. The van der Waals surface area contributed by atoms with E-state index in [0.717, 1.165) is 17.9 Å². The Balaban J connectivity index is 1.42. The van der Waals surface area contributed by atoms with E-state index in [0.29, 0.717) is 5.56 Å². The maximum Gasteiger partial charge on any atom is 0.270 e. The molecule has 4 aliphatic rings. The van der Waals surface area contributed by atoms with Crippen molar-refractivity contribution in [3.05, 3.63) is 42.2 Å². The molecule has 116 valence electrons. The molecule has 6 heteroatoms. The molecule has 1 saturated heterocycles. The zero-order valence-corrected chi connectivity index (χ0v) is 12.3. The fourth-order valence-electron chi connectivity index (χ4n) is 4.86.